The molecule has 0 spiro atoms. The zero-order chi connectivity index (χ0) is 25.2. The lowest BCUT2D eigenvalue weighted by atomic mass is 9.91. The van der Waals surface area contributed by atoms with Gasteiger partial charge < -0.3 is 0 Å². The number of aromatic nitrogens is 3. The van der Waals surface area contributed by atoms with E-state index in [9.17, 15) is 0 Å². The van der Waals surface area contributed by atoms with Gasteiger partial charge in [0.1, 0.15) is 0 Å². The first kappa shape index (κ1) is 19.8. The monoisotopic (exact) mass is 493 g/mol. The Kier molecular flexibility index (Phi) is 3.44. The summed E-state index contributed by atoms with van der Waals surface area (Å²) >= 11 is 0. The first-order chi connectivity index (χ1) is 19.4. The van der Waals surface area contributed by atoms with Gasteiger partial charge in [0.05, 0.1) is 22.2 Å². The molecule has 0 amide bonds. The number of nitrogens with zero attached hydrogens (tertiary/aromatic N) is 3. The van der Waals surface area contributed by atoms with E-state index in [0.717, 1.165) is 33.6 Å². The lowest BCUT2D eigenvalue weighted by Gasteiger charge is -2.11. The summed E-state index contributed by atoms with van der Waals surface area (Å²) < 4.78 is 2.27. The summed E-state index contributed by atoms with van der Waals surface area (Å²) in [6.07, 6.45) is 0. The first-order valence-electron chi connectivity index (χ1n) is 13.4. The minimum absolute atomic E-state index is 0.719. The second-order valence-corrected chi connectivity index (χ2v) is 10.6. The quantitative estimate of drug-likeness (QED) is 0.213. The average molecular weight is 494 g/mol. The Labute approximate surface area is 222 Å². The standard InChI is InChI=1S/C36H19N3/c1-2-9-21-20(8-1)18-19-25-24-13-6-16-29-33(24)34-27(31(21)25)14-7-17-30(34)39(29)36-37-28-15-5-12-23-22-10-3-4-11-26(22)35(38-36)32(23)28/h1-19H. The van der Waals surface area contributed by atoms with Crippen molar-refractivity contribution in [2.24, 2.45) is 0 Å². The Morgan fingerprint density at radius 2 is 1.08 bits per heavy atom. The van der Waals surface area contributed by atoms with Gasteiger partial charge in [0, 0.05) is 21.7 Å². The molecule has 39 heavy (non-hydrogen) atoms. The van der Waals surface area contributed by atoms with Crippen LogP contribution in [0.2, 0.25) is 0 Å². The van der Waals surface area contributed by atoms with E-state index in [-0.39, 0.29) is 0 Å². The van der Waals surface area contributed by atoms with Crippen molar-refractivity contribution in [3.63, 3.8) is 0 Å². The van der Waals surface area contributed by atoms with Crippen LogP contribution in [-0.4, -0.2) is 14.5 Å². The first-order valence-corrected chi connectivity index (χ1v) is 13.4. The van der Waals surface area contributed by atoms with Crippen molar-refractivity contribution in [3.05, 3.63) is 115 Å². The minimum atomic E-state index is 0.719. The van der Waals surface area contributed by atoms with Crippen molar-refractivity contribution >= 4 is 65.0 Å². The Hall–Kier alpha value is -5.28. The predicted octanol–water partition coefficient (Wildman–Crippen LogP) is 9.27. The minimum Gasteiger partial charge on any atom is -0.278 e. The highest BCUT2D eigenvalue weighted by molar-refractivity contribution is 6.37. The summed E-state index contributed by atoms with van der Waals surface area (Å²) in [5.74, 6) is 0.719. The summed E-state index contributed by atoms with van der Waals surface area (Å²) in [5.41, 5.74) is 7.92. The molecule has 0 aliphatic heterocycles. The highest BCUT2D eigenvalue weighted by atomic mass is 15.2. The topological polar surface area (TPSA) is 30.7 Å². The van der Waals surface area contributed by atoms with Crippen LogP contribution in [0, 0.1) is 0 Å². The molecule has 0 unspecified atom stereocenters. The molecular formula is C36H19N3. The Morgan fingerprint density at radius 3 is 1.97 bits per heavy atom. The Balaban J connectivity index is 1.41. The fraction of sp³-hybridized carbons (Fsp3) is 0. The number of fused-ring (bicyclic) bond motifs is 8. The molecule has 0 saturated heterocycles. The molecule has 2 aromatic heterocycles. The van der Waals surface area contributed by atoms with E-state index in [1.54, 1.807) is 0 Å². The third-order valence-corrected chi connectivity index (χ3v) is 8.69. The van der Waals surface area contributed by atoms with E-state index in [1.807, 2.05) is 0 Å². The van der Waals surface area contributed by atoms with Crippen molar-refractivity contribution in [1.29, 1.82) is 0 Å². The molecule has 1 aliphatic rings. The summed E-state index contributed by atoms with van der Waals surface area (Å²) in [6.45, 7) is 0. The summed E-state index contributed by atoms with van der Waals surface area (Å²) in [4.78, 5) is 10.5. The normalized spacial score (nSPS) is 12.6. The smallest absolute Gasteiger partial charge is 0.235 e. The number of benzene rings is 7. The van der Waals surface area contributed by atoms with E-state index in [1.165, 1.54) is 59.8 Å². The molecular weight excluding hydrogens is 474 g/mol. The van der Waals surface area contributed by atoms with Crippen LogP contribution < -0.4 is 0 Å². The van der Waals surface area contributed by atoms with Gasteiger partial charge in [-0.25, -0.2) is 9.97 Å². The van der Waals surface area contributed by atoms with Crippen molar-refractivity contribution in [2.45, 2.75) is 0 Å². The molecule has 3 nitrogen and oxygen atoms in total. The van der Waals surface area contributed by atoms with Crippen LogP contribution in [0.4, 0.5) is 0 Å². The van der Waals surface area contributed by atoms with Crippen LogP contribution in [-0.2, 0) is 0 Å². The maximum Gasteiger partial charge on any atom is 0.235 e. The third kappa shape index (κ3) is 2.31. The molecule has 0 saturated carbocycles. The highest BCUT2D eigenvalue weighted by Gasteiger charge is 2.26. The van der Waals surface area contributed by atoms with Crippen LogP contribution in [0.5, 0.6) is 0 Å². The van der Waals surface area contributed by atoms with Crippen LogP contribution in [0.3, 0.4) is 0 Å². The Morgan fingerprint density at radius 1 is 0.410 bits per heavy atom. The van der Waals surface area contributed by atoms with E-state index < -0.39 is 0 Å². The van der Waals surface area contributed by atoms with Gasteiger partial charge in [-0.2, -0.15) is 0 Å². The lowest BCUT2D eigenvalue weighted by Crippen LogP contribution is -2.02. The third-order valence-electron chi connectivity index (χ3n) is 8.69. The molecule has 0 fully saturated rings. The second-order valence-electron chi connectivity index (χ2n) is 10.6. The van der Waals surface area contributed by atoms with Gasteiger partial charge in [-0.1, -0.05) is 97.1 Å². The van der Waals surface area contributed by atoms with Gasteiger partial charge in [-0.3, -0.25) is 4.57 Å². The van der Waals surface area contributed by atoms with Gasteiger partial charge in [0.15, 0.2) is 0 Å². The lowest BCUT2D eigenvalue weighted by molar-refractivity contribution is 1.02. The fourth-order valence-corrected chi connectivity index (χ4v) is 7.16. The summed E-state index contributed by atoms with van der Waals surface area (Å²) in [5, 5.41) is 11.4. The van der Waals surface area contributed by atoms with Gasteiger partial charge in [-0.05, 0) is 61.6 Å². The van der Waals surface area contributed by atoms with Gasteiger partial charge in [0.2, 0.25) is 5.95 Å². The second kappa shape index (κ2) is 6.77. The maximum absolute atomic E-state index is 5.29. The number of hydrogen-bond acceptors (Lipinski definition) is 2. The molecule has 1 aliphatic carbocycles. The molecule has 0 radical (unpaired) electrons. The fourth-order valence-electron chi connectivity index (χ4n) is 7.16. The molecule has 0 N–H and O–H groups in total. The maximum atomic E-state index is 5.29. The molecule has 2 heterocycles. The van der Waals surface area contributed by atoms with Crippen LogP contribution in [0.1, 0.15) is 0 Å². The van der Waals surface area contributed by atoms with Crippen LogP contribution in [0.25, 0.3) is 93.4 Å². The van der Waals surface area contributed by atoms with Gasteiger partial charge in [-0.15, -0.1) is 0 Å². The zero-order valence-electron chi connectivity index (χ0n) is 20.8. The molecule has 7 aromatic carbocycles. The summed E-state index contributed by atoms with van der Waals surface area (Å²) in [7, 11) is 0. The van der Waals surface area contributed by atoms with Crippen molar-refractivity contribution in [3.8, 4) is 28.3 Å². The van der Waals surface area contributed by atoms with E-state index in [2.05, 4.69) is 120 Å². The molecule has 3 heteroatoms. The average Bonchev–Trinajstić information content (AvgIpc) is 3.51. The SMILES string of the molecule is c1ccc2c(c1)-c1cccc3nc(-n4c5cccc6c7ccc8ccccc8c7c7cccc4c7c65)nc-2c13. The van der Waals surface area contributed by atoms with E-state index in [4.69, 9.17) is 9.97 Å². The van der Waals surface area contributed by atoms with Crippen LogP contribution in [0.15, 0.2) is 115 Å². The predicted molar refractivity (Wildman–Crippen MR) is 162 cm³/mol. The van der Waals surface area contributed by atoms with Gasteiger partial charge in [0.25, 0.3) is 0 Å². The molecule has 178 valence electrons. The molecule has 0 atom stereocenters. The largest absolute Gasteiger partial charge is 0.278 e. The highest BCUT2D eigenvalue weighted by Crippen LogP contribution is 2.48. The summed E-state index contributed by atoms with van der Waals surface area (Å²) in [6, 6.07) is 41.5. The number of hydrogen-bond donors (Lipinski definition) is 0. The van der Waals surface area contributed by atoms with Crippen molar-refractivity contribution in [1.82, 2.24) is 14.5 Å². The van der Waals surface area contributed by atoms with Gasteiger partial charge >= 0.3 is 0 Å². The Bertz CT molecular complexity index is 2500. The zero-order valence-corrected chi connectivity index (χ0v) is 20.8. The number of rotatable bonds is 1. The van der Waals surface area contributed by atoms with E-state index in [0.29, 0.717) is 0 Å². The van der Waals surface area contributed by atoms with E-state index >= 15 is 0 Å². The molecule has 9 aromatic rings. The van der Waals surface area contributed by atoms with Crippen molar-refractivity contribution in [2.75, 3.05) is 0 Å². The molecule has 0 bridgehead atoms. The van der Waals surface area contributed by atoms with Crippen molar-refractivity contribution < 1.29 is 0 Å². The van der Waals surface area contributed by atoms with Crippen LogP contribution >= 0.6 is 0 Å². The molecule has 10 rings (SSSR count).